The minimum absolute atomic E-state index is 0.390. The maximum atomic E-state index is 4.42. The highest BCUT2D eigenvalue weighted by Gasteiger charge is 2.16. The van der Waals surface area contributed by atoms with Crippen LogP contribution in [0.4, 0.5) is 0 Å². The lowest BCUT2D eigenvalue weighted by Crippen LogP contribution is -2.26. The third-order valence-electron chi connectivity index (χ3n) is 3.10. The van der Waals surface area contributed by atoms with Gasteiger partial charge in [0.2, 0.25) is 0 Å². The fourth-order valence-electron chi connectivity index (χ4n) is 2.36. The summed E-state index contributed by atoms with van der Waals surface area (Å²) in [7, 11) is 0. The molecule has 104 valence electrons. The van der Waals surface area contributed by atoms with Gasteiger partial charge in [-0.15, -0.1) is 0 Å². The largest absolute Gasteiger partial charge is 0.317 e. The van der Waals surface area contributed by atoms with Gasteiger partial charge in [-0.05, 0) is 45.2 Å². The Morgan fingerprint density at radius 2 is 2.00 bits per heavy atom. The van der Waals surface area contributed by atoms with E-state index in [1.54, 1.807) is 6.33 Å². The van der Waals surface area contributed by atoms with Crippen molar-refractivity contribution in [3.8, 4) is 0 Å². The third-order valence-corrected chi connectivity index (χ3v) is 3.10. The summed E-state index contributed by atoms with van der Waals surface area (Å²) >= 11 is 0. The second-order valence-electron chi connectivity index (χ2n) is 5.72. The number of hydrogen-bond donors (Lipinski definition) is 1. The summed E-state index contributed by atoms with van der Waals surface area (Å²) in [6, 6.07) is 0.390. The monoisotopic (exact) mass is 252 g/mol. The molecule has 0 radical (unpaired) electrons. The predicted molar refractivity (Wildman–Crippen MR) is 75.6 cm³/mol. The Hall–Kier alpha value is -0.900. The minimum atomic E-state index is 0.390. The second kappa shape index (κ2) is 7.52. The Balaban J connectivity index is 2.65. The summed E-state index contributed by atoms with van der Waals surface area (Å²) in [4.78, 5) is 4.42. The Labute approximate surface area is 111 Å². The molecule has 1 unspecified atom stereocenters. The Kier molecular flexibility index (Phi) is 6.33. The molecule has 0 aromatic carbocycles. The summed E-state index contributed by atoms with van der Waals surface area (Å²) in [5.74, 6) is 2.49. The zero-order valence-corrected chi connectivity index (χ0v) is 12.5. The molecule has 0 spiro atoms. The van der Waals surface area contributed by atoms with Crippen molar-refractivity contribution in [3.05, 3.63) is 12.2 Å². The molecule has 0 aliphatic heterocycles. The van der Waals surface area contributed by atoms with E-state index in [4.69, 9.17) is 0 Å². The SMILES string of the molecule is CCNCC(Cc1ncnn1C(C)C)CC(C)C. The number of nitrogens with one attached hydrogen (secondary N) is 1. The van der Waals surface area contributed by atoms with E-state index >= 15 is 0 Å². The third kappa shape index (κ3) is 4.77. The number of nitrogens with zero attached hydrogens (tertiary/aromatic N) is 3. The molecular formula is C14H28N4. The van der Waals surface area contributed by atoms with E-state index in [9.17, 15) is 0 Å². The lowest BCUT2D eigenvalue weighted by atomic mass is 9.93. The first-order chi connectivity index (χ1) is 8.54. The second-order valence-corrected chi connectivity index (χ2v) is 5.72. The molecular weight excluding hydrogens is 224 g/mol. The van der Waals surface area contributed by atoms with Crippen molar-refractivity contribution in [2.24, 2.45) is 11.8 Å². The molecule has 1 aromatic heterocycles. The van der Waals surface area contributed by atoms with Gasteiger partial charge >= 0.3 is 0 Å². The number of hydrogen-bond acceptors (Lipinski definition) is 3. The first-order valence-electron chi connectivity index (χ1n) is 7.13. The molecule has 4 heteroatoms. The zero-order chi connectivity index (χ0) is 13.5. The highest BCUT2D eigenvalue weighted by Crippen LogP contribution is 2.17. The van der Waals surface area contributed by atoms with Gasteiger partial charge < -0.3 is 5.32 Å². The molecule has 0 bridgehead atoms. The molecule has 1 aromatic rings. The first kappa shape index (κ1) is 15.2. The van der Waals surface area contributed by atoms with Crippen LogP contribution in [0, 0.1) is 11.8 Å². The fourth-order valence-corrected chi connectivity index (χ4v) is 2.36. The van der Waals surface area contributed by atoms with Gasteiger partial charge in [0.05, 0.1) is 0 Å². The van der Waals surface area contributed by atoms with Crippen molar-refractivity contribution in [2.75, 3.05) is 13.1 Å². The van der Waals surface area contributed by atoms with Crippen molar-refractivity contribution < 1.29 is 0 Å². The fraction of sp³-hybridized carbons (Fsp3) is 0.857. The van der Waals surface area contributed by atoms with E-state index < -0.39 is 0 Å². The summed E-state index contributed by atoms with van der Waals surface area (Å²) in [5, 5.41) is 7.77. The van der Waals surface area contributed by atoms with Gasteiger partial charge in [-0.1, -0.05) is 20.8 Å². The summed E-state index contributed by atoms with van der Waals surface area (Å²) < 4.78 is 2.04. The van der Waals surface area contributed by atoms with Gasteiger partial charge in [0.1, 0.15) is 12.2 Å². The van der Waals surface area contributed by atoms with Crippen LogP contribution in [0.2, 0.25) is 0 Å². The topological polar surface area (TPSA) is 42.7 Å². The Morgan fingerprint density at radius 3 is 2.56 bits per heavy atom. The van der Waals surface area contributed by atoms with Crippen LogP contribution in [-0.4, -0.2) is 27.9 Å². The van der Waals surface area contributed by atoms with E-state index in [0.29, 0.717) is 12.0 Å². The summed E-state index contributed by atoms with van der Waals surface area (Å²) in [6.07, 6.45) is 3.93. The van der Waals surface area contributed by atoms with Gasteiger partial charge in [-0.2, -0.15) is 5.10 Å². The van der Waals surface area contributed by atoms with E-state index in [1.165, 1.54) is 6.42 Å². The summed E-state index contributed by atoms with van der Waals surface area (Å²) in [5.41, 5.74) is 0. The number of aromatic nitrogens is 3. The molecule has 4 nitrogen and oxygen atoms in total. The summed E-state index contributed by atoms with van der Waals surface area (Å²) in [6.45, 7) is 13.1. The van der Waals surface area contributed by atoms with Crippen LogP contribution in [0.3, 0.4) is 0 Å². The van der Waals surface area contributed by atoms with Crippen LogP contribution >= 0.6 is 0 Å². The molecule has 1 atom stereocenters. The average Bonchev–Trinajstić information content (AvgIpc) is 2.73. The van der Waals surface area contributed by atoms with Crippen molar-refractivity contribution in [2.45, 2.75) is 53.5 Å². The lowest BCUT2D eigenvalue weighted by Gasteiger charge is -2.20. The molecule has 1 heterocycles. The Bertz CT molecular complexity index is 330. The standard InChI is InChI=1S/C14H28N4/c1-6-15-9-13(7-11(2)3)8-14-16-10-17-18(14)12(4)5/h10-13,15H,6-9H2,1-5H3. The van der Waals surface area contributed by atoms with Crippen molar-refractivity contribution in [1.82, 2.24) is 20.1 Å². The smallest absolute Gasteiger partial charge is 0.138 e. The van der Waals surface area contributed by atoms with Crippen LogP contribution in [0.5, 0.6) is 0 Å². The minimum Gasteiger partial charge on any atom is -0.317 e. The van der Waals surface area contributed by atoms with Crippen LogP contribution in [-0.2, 0) is 6.42 Å². The van der Waals surface area contributed by atoms with Crippen LogP contribution in [0.25, 0.3) is 0 Å². The molecule has 1 N–H and O–H groups in total. The van der Waals surface area contributed by atoms with Gasteiger partial charge in [-0.3, -0.25) is 0 Å². The average molecular weight is 252 g/mol. The van der Waals surface area contributed by atoms with Crippen molar-refractivity contribution in [1.29, 1.82) is 0 Å². The van der Waals surface area contributed by atoms with E-state index in [-0.39, 0.29) is 0 Å². The van der Waals surface area contributed by atoms with Crippen LogP contribution in [0.1, 0.15) is 52.9 Å². The molecule has 0 aliphatic rings. The zero-order valence-electron chi connectivity index (χ0n) is 12.5. The van der Waals surface area contributed by atoms with Gasteiger partial charge in [0.15, 0.2) is 0 Å². The molecule has 1 rings (SSSR count). The highest BCUT2D eigenvalue weighted by molar-refractivity contribution is 4.89. The van der Waals surface area contributed by atoms with Gasteiger partial charge in [0, 0.05) is 12.5 Å². The van der Waals surface area contributed by atoms with Gasteiger partial charge in [0.25, 0.3) is 0 Å². The van der Waals surface area contributed by atoms with E-state index in [0.717, 1.165) is 31.3 Å². The molecule has 0 fully saturated rings. The van der Waals surface area contributed by atoms with E-state index in [1.807, 2.05) is 4.68 Å². The van der Waals surface area contributed by atoms with Crippen molar-refractivity contribution in [3.63, 3.8) is 0 Å². The predicted octanol–water partition coefficient (Wildman–Crippen LogP) is 2.67. The molecule has 0 amide bonds. The van der Waals surface area contributed by atoms with E-state index in [2.05, 4.69) is 50.0 Å². The van der Waals surface area contributed by atoms with Crippen LogP contribution < -0.4 is 5.32 Å². The van der Waals surface area contributed by atoms with Gasteiger partial charge in [-0.25, -0.2) is 9.67 Å². The Morgan fingerprint density at radius 1 is 1.28 bits per heavy atom. The highest BCUT2D eigenvalue weighted by atomic mass is 15.3. The van der Waals surface area contributed by atoms with Crippen molar-refractivity contribution >= 4 is 0 Å². The quantitative estimate of drug-likeness (QED) is 0.773. The molecule has 18 heavy (non-hydrogen) atoms. The maximum absolute atomic E-state index is 4.42. The lowest BCUT2D eigenvalue weighted by molar-refractivity contribution is 0.370. The van der Waals surface area contributed by atoms with Crippen LogP contribution in [0.15, 0.2) is 6.33 Å². The molecule has 0 saturated heterocycles. The first-order valence-corrected chi connectivity index (χ1v) is 7.13. The normalized spacial score (nSPS) is 13.5. The molecule has 0 saturated carbocycles. The molecule has 0 aliphatic carbocycles. The maximum Gasteiger partial charge on any atom is 0.138 e. The number of rotatable bonds is 8.